The van der Waals surface area contributed by atoms with Crippen molar-refractivity contribution in [3.63, 3.8) is 0 Å². The van der Waals surface area contributed by atoms with E-state index in [-0.39, 0.29) is 11.0 Å². The summed E-state index contributed by atoms with van der Waals surface area (Å²) in [7, 11) is 0. The van der Waals surface area contributed by atoms with Gasteiger partial charge in [-0.25, -0.2) is 19.2 Å². The van der Waals surface area contributed by atoms with Gasteiger partial charge in [-0.3, -0.25) is 0 Å². The van der Waals surface area contributed by atoms with Gasteiger partial charge in [0.1, 0.15) is 0 Å². The van der Waals surface area contributed by atoms with Crippen LogP contribution in [0.25, 0.3) is 0 Å². The van der Waals surface area contributed by atoms with E-state index in [1.807, 2.05) is 0 Å². The summed E-state index contributed by atoms with van der Waals surface area (Å²) < 4.78 is 0. The molecule has 76 valence electrons. The summed E-state index contributed by atoms with van der Waals surface area (Å²) in [4.78, 5) is 36.4. The normalized spacial score (nSPS) is 6.77. The molecule has 0 aromatic heterocycles. The molecule has 4 N–H and O–H groups in total. The van der Waals surface area contributed by atoms with Crippen molar-refractivity contribution in [1.82, 2.24) is 0 Å². The third kappa shape index (κ3) is 17.8. The van der Waals surface area contributed by atoms with Crippen molar-refractivity contribution in [1.29, 1.82) is 0 Å². The predicted octanol–water partition coefficient (Wildman–Crippen LogP) is -3.14. The standard InChI is InChI=1S/2C2H2O4.H4Si/c2*3-1(4)2(5)6;/h2*(H,3,4)(H,5,6);1H4. The second kappa shape index (κ2) is 8.20. The molecule has 0 radical (unpaired) electrons. The molecule has 0 atom stereocenters. The predicted molar refractivity (Wildman–Crippen MR) is 41.9 cm³/mol. The molecule has 0 aliphatic carbocycles. The van der Waals surface area contributed by atoms with Crippen LogP contribution in [-0.2, 0) is 19.2 Å². The van der Waals surface area contributed by atoms with Gasteiger partial charge < -0.3 is 20.4 Å². The van der Waals surface area contributed by atoms with Gasteiger partial charge in [0.2, 0.25) is 0 Å². The molecule has 0 aromatic carbocycles. The molecule has 0 saturated heterocycles. The van der Waals surface area contributed by atoms with E-state index in [1.54, 1.807) is 0 Å². The second-order valence-electron chi connectivity index (χ2n) is 1.22. The highest BCUT2D eigenvalue weighted by Gasteiger charge is 2.04. The Morgan fingerprint density at radius 3 is 0.615 bits per heavy atom. The molecule has 0 unspecified atom stereocenters. The van der Waals surface area contributed by atoms with E-state index >= 15 is 0 Å². The molecule has 8 nitrogen and oxygen atoms in total. The van der Waals surface area contributed by atoms with Gasteiger partial charge in [0.15, 0.2) is 0 Å². The summed E-state index contributed by atoms with van der Waals surface area (Å²) in [6, 6.07) is 0. The van der Waals surface area contributed by atoms with Gasteiger partial charge in [0.05, 0.1) is 0 Å². The third-order valence-electron chi connectivity index (χ3n) is 0.366. The van der Waals surface area contributed by atoms with E-state index < -0.39 is 23.9 Å². The van der Waals surface area contributed by atoms with E-state index in [0.717, 1.165) is 0 Å². The molecular weight excluding hydrogens is 204 g/mol. The number of carboxylic acid groups (broad SMARTS) is 4. The lowest BCUT2D eigenvalue weighted by Crippen LogP contribution is -2.09. The van der Waals surface area contributed by atoms with Gasteiger partial charge in [-0.15, -0.1) is 0 Å². The average Bonchev–Trinajstić information content (AvgIpc) is 1.88. The van der Waals surface area contributed by atoms with Gasteiger partial charge in [0.25, 0.3) is 0 Å². The van der Waals surface area contributed by atoms with Crippen molar-refractivity contribution < 1.29 is 39.6 Å². The number of aliphatic carboxylic acids is 4. The van der Waals surface area contributed by atoms with Gasteiger partial charge in [0, 0.05) is 0 Å². The lowest BCUT2D eigenvalue weighted by molar-refractivity contribution is -0.159. The molecule has 0 rings (SSSR count). The Morgan fingerprint density at radius 1 is 0.538 bits per heavy atom. The van der Waals surface area contributed by atoms with Crippen LogP contribution in [0, 0.1) is 0 Å². The Balaban J connectivity index is -0.000000143. The molecule has 9 heteroatoms. The summed E-state index contributed by atoms with van der Waals surface area (Å²) in [6.45, 7) is 0. The van der Waals surface area contributed by atoms with Crippen LogP contribution in [0.5, 0.6) is 0 Å². The van der Waals surface area contributed by atoms with Crippen LogP contribution in [-0.4, -0.2) is 55.3 Å². The second-order valence-corrected chi connectivity index (χ2v) is 1.22. The molecule has 0 spiro atoms. The first-order valence-corrected chi connectivity index (χ1v) is 2.21. The van der Waals surface area contributed by atoms with Crippen LogP contribution in [0.15, 0.2) is 0 Å². The van der Waals surface area contributed by atoms with Crippen LogP contribution in [0.1, 0.15) is 0 Å². The summed E-state index contributed by atoms with van der Waals surface area (Å²) in [5, 5.41) is 29.6. The Morgan fingerprint density at radius 2 is 0.615 bits per heavy atom. The highest BCUT2D eigenvalue weighted by Crippen LogP contribution is 1.56. The molecule has 0 aliphatic rings. The smallest absolute Gasteiger partial charge is 0.414 e. The zero-order valence-corrected chi connectivity index (χ0v) is 5.42. The van der Waals surface area contributed by atoms with E-state index in [2.05, 4.69) is 0 Å². The third-order valence-corrected chi connectivity index (χ3v) is 0.366. The molecule has 13 heavy (non-hydrogen) atoms. The minimum absolute atomic E-state index is 0. The Kier molecular flexibility index (Phi) is 10.9. The first kappa shape index (κ1) is 17.3. The molecule has 0 heterocycles. The topological polar surface area (TPSA) is 149 Å². The Bertz CT molecular complexity index is 172. The quantitative estimate of drug-likeness (QED) is 0.243. The number of hydrogen-bond acceptors (Lipinski definition) is 4. The number of carbonyl (C=O) groups is 4. The zero-order valence-electron chi connectivity index (χ0n) is 5.42. The van der Waals surface area contributed by atoms with Crippen molar-refractivity contribution in [3.05, 3.63) is 0 Å². The Labute approximate surface area is 75.4 Å². The van der Waals surface area contributed by atoms with Crippen molar-refractivity contribution in [2.45, 2.75) is 0 Å². The van der Waals surface area contributed by atoms with Crippen LogP contribution < -0.4 is 0 Å². The first-order valence-electron chi connectivity index (χ1n) is 2.21. The maximum absolute atomic E-state index is 9.10. The van der Waals surface area contributed by atoms with Crippen LogP contribution in [0.2, 0.25) is 0 Å². The van der Waals surface area contributed by atoms with Crippen molar-refractivity contribution in [2.24, 2.45) is 0 Å². The van der Waals surface area contributed by atoms with E-state index in [9.17, 15) is 0 Å². The minimum Gasteiger partial charge on any atom is -0.473 e. The summed E-state index contributed by atoms with van der Waals surface area (Å²) in [5.74, 6) is -7.30. The van der Waals surface area contributed by atoms with Crippen molar-refractivity contribution >= 4 is 34.8 Å². The largest absolute Gasteiger partial charge is 0.473 e. The average molecular weight is 212 g/mol. The van der Waals surface area contributed by atoms with Crippen molar-refractivity contribution in [3.8, 4) is 0 Å². The monoisotopic (exact) mass is 212 g/mol. The molecule has 0 saturated carbocycles. The van der Waals surface area contributed by atoms with E-state index in [4.69, 9.17) is 39.6 Å². The molecule has 0 aliphatic heterocycles. The van der Waals surface area contributed by atoms with Crippen LogP contribution in [0.4, 0.5) is 0 Å². The molecule has 0 fully saturated rings. The molecule has 0 amide bonds. The number of carboxylic acids is 4. The van der Waals surface area contributed by atoms with Crippen LogP contribution >= 0.6 is 0 Å². The minimum atomic E-state index is -1.82. The maximum atomic E-state index is 9.10. The van der Waals surface area contributed by atoms with Crippen molar-refractivity contribution in [2.75, 3.05) is 0 Å². The van der Waals surface area contributed by atoms with Crippen LogP contribution in [0.3, 0.4) is 0 Å². The van der Waals surface area contributed by atoms with E-state index in [0.29, 0.717) is 0 Å². The zero-order chi connectivity index (χ0) is 10.3. The number of hydrogen-bond donors (Lipinski definition) is 4. The highest BCUT2D eigenvalue weighted by atomic mass is 28.1. The molecule has 0 aromatic rings. The van der Waals surface area contributed by atoms with Gasteiger partial charge in [-0.1, -0.05) is 0 Å². The SMILES string of the molecule is O=C(O)C(=O)O.O=C(O)C(=O)O.[SiH4]. The first-order chi connectivity index (χ1) is 5.29. The fraction of sp³-hybridized carbons (Fsp3) is 0. The maximum Gasteiger partial charge on any atom is 0.414 e. The van der Waals surface area contributed by atoms with Gasteiger partial charge in [-0.2, -0.15) is 0 Å². The van der Waals surface area contributed by atoms with Gasteiger partial charge in [-0.05, 0) is 11.0 Å². The van der Waals surface area contributed by atoms with Gasteiger partial charge >= 0.3 is 23.9 Å². The highest BCUT2D eigenvalue weighted by molar-refractivity contribution is 6.27. The lowest BCUT2D eigenvalue weighted by atomic mass is 10.7. The fourth-order valence-corrected chi connectivity index (χ4v) is 0. The summed E-state index contributed by atoms with van der Waals surface area (Å²) in [5.41, 5.74) is 0. The number of rotatable bonds is 0. The Hall–Kier alpha value is -1.90. The lowest BCUT2D eigenvalue weighted by Gasteiger charge is -1.72. The molecule has 0 bridgehead atoms. The fourth-order valence-electron chi connectivity index (χ4n) is 0. The molecular formula is C4H8O8Si. The summed E-state index contributed by atoms with van der Waals surface area (Å²) >= 11 is 0. The summed E-state index contributed by atoms with van der Waals surface area (Å²) in [6.07, 6.45) is 0. The van der Waals surface area contributed by atoms with E-state index in [1.165, 1.54) is 0 Å².